The topological polar surface area (TPSA) is 141 Å². The van der Waals surface area contributed by atoms with E-state index in [0.29, 0.717) is 24.0 Å². The summed E-state index contributed by atoms with van der Waals surface area (Å²) in [5, 5.41) is 13.0. The van der Waals surface area contributed by atoms with Gasteiger partial charge in [-0.05, 0) is 90.7 Å². The Labute approximate surface area is 329 Å². The van der Waals surface area contributed by atoms with Crippen LogP contribution in [0.3, 0.4) is 0 Å². The number of rotatable bonds is 12. The van der Waals surface area contributed by atoms with Crippen LogP contribution in [-0.4, -0.2) is 89.2 Å². The molecule has 3 aromatic rings. The molecule has 1 aliphatic heterocycles. The molecule has 54 heavy (non-hydrogen) atoms. The van der Waals surface area contributed by atoms with E-state index in [1.165, 1.54) is 4.90 Å². The Hall–Kier alpha value is -4.11. The Kier molecular flexibility index (Phi) is 12.3. The molecular formula is C42H47IN2O9. The number of nitrogens with zero attached hydrogens (tertiary/aromatic N) is 1. The number of aliphatic hydroxyl groups is 1. The minimum absolute atomic E-state index is 0.00672. The van der Waals surface area contributed by atoms with Crippen molar-refractivity contribution >= 4 is 46.3 Å². The lowest BCUT2D eigenvalue weighted by atomic mass is 9.90. The third-order valence-electron chi connectivity index (χ3n) is 9.86. The lowest BCUT2D eigenvalue weighted by molar-refractivity contribution is -0.172. The van der Waals surface area contributed by atoms with Crippen molar-refractivity contribution in [2.75, 3.05) is 13.7 Å². The number of carbonyl (C=O) groups is 4. The van der Waals surface area contributed by atoms with Gasteiger partial charge in [0, 0.05) is 48.3 Å². The van der Waals surface area contributed by atoms with Crippen molar-refractivity contribution in [2.45, 2.75) is 101 Å². The zero-order valence-electron chi connectivity index (χ0n) is 31.0. The first-order valence-corrected chi connectivity index (χ1v) is 19.3. The number of aliphatic hydroxyl groups excluding tert-OH is 1. The molecule has 6 rings (SSSR count). The van der Waals surface area contributed by atoms with Crippen molar-refractivity contribution in [3.05, 3.63) is 116 Å². The number of hydrogen-bond acceptors (Lipinski definition) is 9. The Morgan fingerprint density at radius 1 is 0.981 bits per heavy atom. The van der Waals surface area contributed by atoms with Gasteiger partial charge in [0.05, 0.1) is 18.2 Å². The predicted molar refractivity (Wildman–Crippen MR) is 208 cm³/mol. The van der Waals surface area contributed by atoms with Crippen LogP contribution in [-0.2, 0) is 52.6 Å². The Morgan fingerprint density at radius 2 is 1.67 bits per heavy atom. The van der Waals surface area contributed by atoms with Gasteiger partial charge in [0.15, 0.2) is 5.79 Å². The summed E-state index contributed by atoms with van der Waals surface area (Å²) in [6.07, 6.45) is 0.943. The van der Waals surface area contributed by atoms with Gasteiger partial charge in [0.1, 0.15) is 30.0 Å². The fourth-order valence-corrected chi connectivity index (χ4v) is 7.82. The van der Waals surface area contributed by atoms with Crippen LogP contribution in [0, 0.1) is 3.57 Å². The summed E-state index contributed by atoms with van der Waals surface area (Å²) in [6, 6.07) is 22.7. The molecule has 3 aromatic carbocycles. The SMILES string of the molecule is CN(C(=O)C1=CC2OC3(Cc4ccccc4C3)OC2C(OC(=O)c2cccc(I)c2)C1)C(Cc1ccccc1)C(=O)NC(CO)CCC(=O)OC(C)(C)C. The highest BCUT2D eigenvalue weighted by atomic mass is 127. The van der Waals surface area contributed by atoms with E-state index in [0.717, 1.165) is 20.3 Å². The van der Waals surface area contributed by atoms with Gasteiger partial charge in [-0.3, -0.25) is 14.4 Å². The zero-order chi connectivity index (χ0) is 38.6. The molecule has 11 nitrogen and oxygen atoms in total. The number of benzene rings is 3. The zero-order valence-corrected chi connectivity index (χ0v) is 33.1. The Bertz CT molecular complexity index is 1870. The largest absolute Gasteiger partial charge is 0.460 e. The van der Waals surface area contributed by atoms with Gasteiger partial charge >= 0.3 is 11.9 Å². The van der Waals surface area contributed by atoms with Gasteiger partial charge in [-0.15, -0.1) is 0 Å². The smallest absolute Gasteiger partial charge is 0.338 e. The quantitative estimate of drug-likeness (QED) is 0.188. The average Bonchev–Trinajstić information content (AvgIpc) is 3.69. The maximum Gasteiger partial charge on any atom is 0.338 e. The van der Waals surface area contributed by atoms with Crippen molar-refractivity contribution in [3.63, 3.8) is 0 Å². The predicted octanol–water partition coefficient (Wildman–Crippen LogP) is 5.09. The van der Waals surface area contributed by atoms with Gasteiger partial charge in [-0.25, -0.2) is 4.79 Å². The van der Waals surface area contributed by atoms with E-state index in [1.54, 1.807) is 52.1 Å². The fourth-order valence-electron chi connectivity index (χ4n) is 7.28. The highest BCUT2D eigenvalue weighted by Gasteiger charge is 2.55. The number of halogens is 1. The summed E-state index contributed by atoms with van der Waals surface area (Å²) in [4.78, 5) is 55.8. The number of nitrogens with one attached hydrogen (secondary N) is 1. The summed E-state index contributed by atoms with van der Waals surface area (Å²) in [6.45, 7) is 4.90. The van der Waals surface area contributed by atoms with Crippen LogP contribution in [0.25, 0.3) is 0 Å². The van der Waals surface area contributed by atoms with Gasteiger partial charge in [-0.2, -0.15) is 0 Å². The second kappa shape index (κ2) is 16.7. The standard InChI is InChI=1S/C42H47IN2O9/c1-41(2,3)53-36(47)18-17-32(25-46)44-38(48)33(19-26-11-6-5-7-12-26)45(4)39(49)30-21-34(51-40(50)27-15-10-16-31(43)20-27)37-35(22-30)52-42(54-37)23-28-13-8-9-14-29(28)24-42/h5-16,20,22,32-35,37,46H,17-19,21,23-25H2,1-4H3,(H,44,48). The van der Waals surface area contributed by atoms with Crippen molar-refractivity contribution in [1.82, 2.24) is 10.2 Å². The van der Waals surface area contributed by atoms with Crippen LogP contribution in [0.15, 0.2) is 90.5 Å². The second-order valence-corrected chi connectivity index (χ2v) is 16.4. The lowest BCUT2D eigenvalue weighted by Gasteiger charge is -2.34. The number of carbonyl (C=O) groups excluding carboxylic acids is 4. The molecule has 1 saturated heterocycles. The fraction of sp³-hybridized carbons (Fsp3) is 0.429. The summed E-state index contributed by atoms with van der Waals surface area (Å²) in [5.41, 5.74) is 3.09. The van der Waals surface area contributed by atoms with Gasteiger partial charge in [-0.1, -0.05) is 60.7 Å². The Morgan fingerprint density at radius 3 is 2.31 bits per heavy atom. The molecule has 1 heterocycles. The molecule has 2 N–H and O–H groups in total. The number of fused-ring (bicyclic) bond motifs is 2. The van der Waals surface area contributed by atoms with Crippen molar-refractivity contribution in [3.8, 4) is 0 Å². The molecule has 0 aromatic heterocycles. The highest BCUT2D eigenvalue weighted by molar-refractivity contribution is 14.1. The van der Waals surface area contributed by atoms with Crippen LogP contribution in [0.4, 0.5) is 0 Å². The second-order valence-electron chi connectivity index (χ2n) is 15.2. The average molecular weight is 851 g/mol. The van der Waals surface area contributed by atoms with E-state index in [4.69, 9.17) is 18.9 Å². The van der Waals surface area contributed by atoms with Crippen LogP contribution >= 0.6 is 22.6 Å². The molecule has 3 aliphatic rings. The number of ether oxygens (including phenoxy) is 4. The van der Waals surface area contributed by atoms with Crippen LogP contribution < -0.4 is 5.32 Å². The first-order valence-electron chi connectivity index (χ1n) is 18.3. The molecule has 2 amide bonds. The molecule has 1 fully saturated rings. The number of esters is 2. The molecule has 0 saturated carbocycles. The third-order valence-corrected chi connectivity index (χ3v) is 10.5. The highest BCUT2D eigenvalue weighted by Crippen LogP contribution is 2.45. The number of hydrogen-bond donors (Lipinski definition) is 2. The normalized spacial score (nSPS) is 20.9. The van der Waals surface area contributed by atoms with Gasteiger partial charge in [0.2, 0.25) is 11.8 Å². The minimum Gasteiger partial charge on any atom is -0.460 e. The molecule has 0 radical (unpaired) electrons. The number of likely N-dealkylation sites (N-methyl/N-ethyl adjacent to an activating group) is 1. The first kappa shape index (κ1) is 39.6. The van der Waals surface area contributed by atoms with Crippen LogP contribution in [0.2, 0.25) is 0 Å². The molecule has 286 valence electrons. The van der Waals surface area contributed by atoms with Crippen molar-refractivity contribution < 1.29 is 43.2 Å². The summed E-state index contributed by atoms with van der Waals surface area (Å²) >= 11 is 2.14. The minimum atomic E-state index is -0.988. The van der Waals surface area contributed by atoms with E-state index in [9.17, 15) is 24.3 Å². The van der Waals surface area contributed by atoms with E-state index < -0.39 is 72.1 Å². The van der Waals surface area contributed by atoms with E-state index >= 15 is 0 Å². The van der Waals surface area contributed by atoms with Crippen LogP contribution in [0.5, 0.6) is 0 Å². The number of amides is 2. The van der Waals surface area contributed by atoms with Crippen molar-refractivity contribution in [2.24, 2.45) is 0 Å². The molecule has 5 unspecified atom stereocenters. The van der Waals surface area contributed by atoms with Gasteiger partial charge in [0.25, 0.3) is 0 Å². The molecular weight excluding hydrogens is 803 g/mol. The summed E-state index contributed by atoms with van der Waals surface area (Å²) in [5.74, 6) is -2.88. The summed E-state index contributed by atoms with van der Waals surface area (Å²) in [7, 11) is 1.56. The monoisotopic (exact) mass is 850 g/mol. The summed E-state index contributed by atoms with van der Waals surface area (Å²) < 4.78 is 25.7. The van der Waals surface area contributed by atoms with Gasteiger partial charge < -0.3 is 34.3 Å². The first-order chi connectivity index (χ1) is 25.7. The molecule has 0 bridgehead atoms. The molecule has 1 spiro atoms. The Balaban J connectivity index is 1.24. The maximum absolute atomic E-state index is 14.5. The lowest BCUT2D eigenvalue weighted by Crippen LogP contribution is -2.53. The molecule has 2 aliphatic carbocycles. The van der Waals surface area contributed by atoms with Crippen LogP contribution in [0.1, 0.15) is 67.1 Å². The molecule has 5 atom stereocenters. The molecule has 12 heteroatoms. The third kappa shape index (κ3) is 9.57. The van der Waals surface area contributed by atoms with E-state index in [1.807, 2.05) is 60.7 Å². The van der Waals surface area contributed by atoms with E-state index in [-0.39, 0.29) is 25.7 Å². The maximum atomic E-state index is 14.5. The van der Waals surface area contributed by atoms with Crippen molar-refractivity contribution in [1.29, 1.82) is 0 Å². The van der Waals surface area contributed by atoms with E-state index in [2.05, 4.69) is 27.9 Å².